The minimum absolute atomic E-state index is 0.587. The second kappa shape index (κ2) is 6.88. The zero-order valence-corrected chi connectivity index (χ0v) is 13.7. The second-order valence-electron chi connectivity index (χ2n) is 7.13. The van der Waals surface area contributed by atoms with Crippen LogP contribution in [0, 0.1) is 11.8 Å². The Hall–Kier alpha value is -1.61. The number of nitrogens with zero attached hydrogens (tertiary/aromatic N) is 1. The minimum atomic E-state index is 0.587. The molecule has 1 aliphatic heterocycles. The summed E-state index contributed by atoms with van der Waals surface area (Å²) in [4.78, 5) is 4.41. The highest BCUT2D eigenvalue weighted by atomic mass is 16.5. The fourth-order valence-corrected chi connectivity index (χ4v) is 4.43. The van der Waals surface area contributed by atoms with Gasteiger partial charge in [-0.25, -0.2) is 0 Å². The van der Waals surface area contributed by atoms with E-state index in [0.717, 1.165) is 25.0 Å². The summed E-state index contributed by atoms with van der Waals surface area (Å²) in [6.45, 7) is 1.93. The molecule has 1 aromatic carbocycles. The molecule has 1 aliphatic carbocycles. The van der Waals surface area contributed by atoms with Crippen LogP contribution in [-0.4, -0.2) is 24.2 Å². The van der Waals surface area contributed by atoms with Crippen LogP contribution >= 0.6 is 0 Å². The first kappa shape index (κ1) is 14.9. The lowest BCUT2D eigenvalue weighted by molar-refractivity contribution is 0.0381. The molecule has 2 fully saturated rings. The van der Waals surface area contributed by atoms with Crippen LogP contribution in [0.5, 0.6) is 0 Å². The van der Waals surface area contributed by atoms with E-state index < -0.39 is 0 Å². The van der Waals surface area contributed by atoms with Crippen LogP contribution in [0.4, 0.5) is 5.69 Å². The number of hydrogen-bond acceptors (Lipinski definition) is 3. The zero-order valence-electron chi connectivity index (χ0n) is 13.7. The van der Waals surface area contributed by atoms with Gasteiger partial charge >= 0.3 is 0 Å². The van der Waals surface area contributed by atoms with E-state index in [1.54, 1.807) is 0 Å². The fourth-order valence-electron chi connectivity index (χ4n) is 4.43. The molecule has 122 valence electrons. The molecule has 1 aromatic heterocycles. The molecule has 2 atom stereocenters. The normalized spacial score (nSPS) is 26.3. The number of anilines is 1. The lowest BCUT2D eigenvalue weighted by Gasteiger charge is -2.37. The first-order valence-electron chi connectivity index (χ1n) is 9.07. The minimum Gasteiger partial charge on any atom is -0.381 e. The van der Waals surface area contributed by atoms with Gasteiger partial charge in [0, 0.05) is 36.2 Å². The molecule has 4 rings (SSSR count). The largest absolute Gasteiger partial charge is 0.381 e. The number of aromatic nitrogens is 1. The maximum absolute atomic E-state index is 5.54. The summed E-state index contributed by atoms with van der Waals surface area (Å²) in [6, 6.07) is 9.11. The molecule has 3 heteroatoms. The highest BCUT2D eigenvalue weighted by Gasteiger charge is 2.29. The molecule has 0 bridgehead atoms. The quantitative estimate of drug-likeness (QED) is 0.897. The summed E-state index contributed by atoms with van der Waals surface area (Å²) >= 11 is 0. The first-order chi connectivity index (χ1) is 11.4. The van der Waals surface area contributed by atoms with Gasteiger partial charge in [-0.3, -0.25) is 4.98 Å². The van der Waals surface area contributed by atoms with Crippen molar-refractivity contribution < 1.29 is 4.74 Å². The second-order valence-corrected chi connectivity index (χ2v) is 7.13. The average Bonchev–Trinajstić information content (AvgIpc) is 2.63. The first-order valence-corrected chi connectivity index (χ1v) is 9.07. The summed E-state index contributed by atoms with van der Waals surface area (Å²) in [5, 5.41) is 6.30. The van der Waals surface area contributed by atoms with E-state index in [1.807, 2.05) is 12.4 Å². The Morgan fingerprint density at radius 2 is 1.83 bits per heavy atom. The SMILES string of the molecule is c1ccc2c(NC3CCCC(C4CCOCC4)C3)cncc2c1. The molecule has 2 unspecified atom stereocenters. The number of fused-ring (bicyclic) bond motifs is 1. The third-order valence-electron chi connectivity index (χ3n) is 5.68. The molecule has 2 aromatic rings. The number of pyridine rings is 1. The Bertz CT molecular complexity index is 646. The topological polar surface area (TPSA) is 34.1 Å². The predicted octanol–water partition coefficient (Wildman–Crippen LogP) is 4.63. The van der Waals surface area contributed by atoms with Gasteiger partial charge in [0.15, 0.2) is 0 Å². The molecule has 1 saturated carbocycles. The van der Waals surface area contributed by atoms with E-state index >= 15 is 0 Å². The van der Waals surface area contributed by atoms with Gasteiger partial charge in [-0.15, -0.1) is 0 Å². The zero-order chi connectivity index (χ0) is 15.5. The van der Waals surface area contributed by atoms with Crippen LogP contribution in [0.3, 0.4) is 0 Å². The van der Waals surface area contributed by atoms with Gasteiger partial charge in [-0.2, -0.15) is 0 Å². The van der Waals surface area contributed by atoms with Crippen molar-refractivity contribution in [1.82, 2.24) is 4.98 Å². The van der Waals surface area contributed by atoms with Crippen LogP contribution in [0.2, 0.25) is 0 Å². The molecule has 0 spiro atoms. The van der Waals surface area contributed by atoms with E-state index in [4.69, 9.17) is 4.74 Å². The van der Waals surface area contributed by atoms with Gasteiger partial charge in [0.05, 0.1) is 11.9 Å². The lowest BCUT2D eigenvalue weighted by Crippen LogP contribution is -2.33. The molecular weight excluding hydrogens is 284 g/mol. The number of rotatable bonds is 3. The average molecular weight is 310 g/mol. The summed E-state index contributed by atoms with van der Waals surface area (Å²) in [7, 11) is 0. The van der Waals surface area contributed by atoms with Crippen molar-refractivity contribution in [2.75, 3.05) is 18.5 Å². The highest BCUT2D eigenvalue weighted by molar-refractivity contribution is 5.92. The molecular formula is C20H26N2O. The maximum Gasteiger partial charge on any atom is 0.0608 e. The highest BCUT2D eigenvalue weighted by Crippen LogP contribution is 2.36. The fraction of sp³-hybridized carbons (Fsp3) is 0.550. The molecule has 1 saturated heterocycles. The Morgan fingerprint density at radius 1 is 0.957 bits per heavy atom. The lowest BCUT2D eigenvalue weighted by atomic mass is 9.75. The summed E-state index contributed by atoms with van der Waals surface area (Å²) in [6.07, 6.45) is 11.8. The van der Waals surface area contributed by atoms with E-state index in [2.05, 4.69) is 34.6 Å². The van der Waals surface area contributed by atoms with Gasteiger partial charge in [0.2, 0.25) is 0 Å². The Balaban J connectivity index is 1.47. The number of ether oxygens (including phenoxy) is 1. The van der Waals surface area contributed by atoms with Gasteiger partial charge in [-0.05, 0) is 37.5 Å². The number of nitrogens with one attached hydrogen (secondary N) is 1. The van der Waals surface area contributed by atoms with Gasteiger partial charge in [0.1, 0.15) is 0 Å². The molecule has 3 nitrogen and oxygen atoms in total. The van der Waals surface area contributed by atoms with E-state index in [1.165, 1.54) is 55.0 Å². The summed E-state index contributed by atoms with van der Waals surface area (Å²) in [5.41, 5.74) is 1.20. The molecule has 23 heavy (non-hydrogen) atoms. The smallest absolute Gasteiger partial charge is 0.0608 e. The van der Waals surface area contributed by atoms with Crippen LogP contribution in [0.25, 0.3) is 10.8 Å². The predicted molar refractivity (Wildman–Crippen MR) is 94.7 cm³/mol. The third kappa shape index (κ3) is 3.35. The van der Waals surface area contributed by atoms with Crippen LogP contribution in [0.1, 0.15) is 38.5 Å². The maximum atomic E-state index is 5.54. The van der Waals surface area contributed by atoms with Crippen LogP contribution in [0.15, 0.2) is 36.7 Å². The van der Waals surface area contributed by atoms with Crippen LogP contribution in [-0.2, 0) is 4.74 Å². The standard InChI is InChI=1S/C20H26N2O/c1-2-7-19-17(4-1)13-21-14-20(19)22-18-6-3-5-16(12-18)15-8-10-23-11-9-15/h1-2,4,7,13-16,18,22H,3,5-6,8-12H2. The molecule has 0 radical (unpaired) electrons. The van der Waals surface area contributed by atoms with Crippen molar-refractivity contribution in [3.63, 3.8) is 0 Å². The summed E-state index contributed by atoms with van der Waals surface area (Å²) in [5.74, 6) is 1.74. The Morgan fingerprint density at radius 3 is 2.74 bits per heavy atom. The number of hydrogen-bond donors (Lipinski definition) is 1. The van der Waals surface area contributed by atoms with E-state index in [-0.39, 0.29) is 0 Å². The Labute approximate surface area is 138 Å². The van der Waals surface area contributed by atoms with E-state index in [9.17, 15) is 0 Å². The van der Waals surface area contributed by atoms with Crippen molar-refractivity contribution in [2.45, 2.75) is 44.6 Å². The van der Waals surface area contributed by atoms with Crippen molar-refractivity contribution in [3.05, 3.63) is 36.7 Å². The monoisotopic (exact) mass is 310 g/mol. The molecule has 2 heterocycles. The van der Waals surface area contributed by atoms with Crippen molar-refractivity contribution in [1.29, 1.82) is 0 Å². The number of benzene rings is 1. The van der Waals surface area contributed by atoms with Gasteiger partial charge in [0.25, 0.3) is 0 Å². The van der Waals surface area contributed by atoms with Crippen molar-refractivity contribution in [3.8, 4) is 0 Å². The molecule has 2 aliphatic rings. The van der Waals surface area contributed by atoms with Gasteiger partial charge < -0.3 is 10.1 Å². The summed E-state index contributed by atoms with van der Waals surface area (Å²) < 4.78 is 5.54. The Kier molecular flexibility index (Phi) is 4.47. The van der Waals surface area contributed by atoms with Crippen molar-refractivity contribution >= 4 is 16.5 Å². The molecule has 1 N–H and O–H groups in total. The molecule has 0 amide bonds. The van der Waals surface area contributed by atoms with Gasteiger partial charge in [-0.1, -0.05) is 37.1 Å². The van der Waals surface area contributed by atoms with Crippen LogP contribution < -0.4 is 5.32 Å². The van der Waals surface area contributed by atoms with E-state index in [0.29, 0.717) is 6.04 Å². The van der Waals surface area contributed by atoms with Crippen molar-refractivity contribution in [2.24, 2.45) is 11.8 Å². The third-order valence-corrected chi connectivity index (χ3v) is 5.68.